The number of aliphatic hydroxyl groups is 2. The second-order valence-corrected chi connectivity index (χ2v) is 4.11. The Kier molecular flexibility index (Phi) is 7.24. The van der Waals surface area contributed by atoms with Gasteiger partial charge in [-0.15, -0.1) is 0 Å². The number of ether oxygens (including phenoxy) is 1. The number of carbonyl (C=O) groups is 1. The highest BCUT2D eigenvalue weighted by molar-refractivity contribution is 5.82. The van der Waals surface area contributed by atoms with Gasteiger partial charge in [0.1, 0.15) is 0 Å². The van der Waals surface area contributed by atoms with Gasteiger partial charge in [0.05, 0.1) is 24.8 Å². The van der Waals surface area contributed by atoms with Crippen LogP contribution in [-0.4, -0.2) is 54.6 Å². The second-order valence-electron chi connectivity index (χ2n) is 4.11. The maximum atomic E-state index is 11.6. The lowest BCUT2D eigenvalue weighted by Crippen LogP contribution is -2.56. The molecule has 0 saturated carbocycles. The summed E-state index contributed by atoms with van der Waals surface area (Å²) in [6, 6.07) is -0.646. The van der Waals surface area contributed by atoms with Gasteiger partial charge in [0.15, 0.2) is 0 Å². The van der Waals surface area contributed by atoms with Crippen molar-refractivity contribution < 1.29 is 19.7 Å². The third-order valence-electron chi connectivity index (χ3n) is 2.32. The van der Waals surface area contributed by atoms with E-state index < -0.39 is 11.6 Å². The quantitative estimate of drug-likeness (QED) is 0.387. The molecule has 6 heteroatoms. The molecule has 0 aromatic rings. The molecule has 0 aromatic carbocycles. The van der Waals surface area contributed by atoms with Gasteiger partial charge in [0.25, 0.3) is 0 Å². The van der Waals surface area contributed by atoms with Crippen LogP contribution in [0, 0.1) is 0 Å². The molecule has 0 spiro atoms. The normalized spacial score (nSPS) is 13.6. The Morgan fingerprint density at radius 3 is 2.50 bits per heavy atom. The van der Waals surface area contributed by atoms with E-state index in [4.69, 9.17) is 20.7 Å². The molecule has 0 aliphatic heterocycles. The van der Waals surface area contributed by atoms with Crippen LogP contribution in [0.2, 0.25) is 0 Å². The number of carbonyl (C=O) groups excluding carboxylic acids is 1. The Bertz CT molecular complexity index is 207. The Labute approximate surface area is 95.8 Å². The highest BCUT2D eigenvalue weighted by Crippen LogP contribution is 2.03. The number of hydrogen-bond acceptors (Lipinski definition) is 5. The molecule has 0 rings (SSSR count). The summed E-state index contributed by atoms with van der Waals surface area (Å²) < 4.78 is 4.85. The monoisotopic (exact) mass is 234 g/mol. The van der Waals surface area contributed by atoms with Gasteiger partial charge in [0.2, 0.25) is 5.91 Å². The predicted molar refractivity (Wildman–Crippen MR) is 59.8 cm³/mol. The van der Waals surface area contributed by atoms with E-state index in [1.54, 1.807) is 14.0 Å². The Hall–Kier alpha value is -0.690. The number of nitrogens with one attached hydrogen (secondary N) is 1. The molecule has 96 valence electrons. The van der Waals surface area contributed by atoms with Crippen molar-refractivity contribution >= 4 is 5.91 Å². The zero-order valence-electron chi connectivity index (χ0n) is 9.90. The molecule has 0 aromatic heterocycles. The van der Waals surface area contributed by atoms with Gasteiger partial charge in [-0.3, -0.25) is 4.79 Å². The molecule has 1 atom stereocenters. The van der Waals surface area contributed by atoms with Crippen molar-refractivity contribution in [1.29, 1.82) is 0 Å². The summed E-state index contributed by atoms with van der Waals surface area (Å²) in [4.78, 5) is 11.6. The van der Waals surface area contributed by atoms with Gasteiger partial charge in [-0.25, -0.2) is 0 Å². The van der Waals surface area contributed by atoms with Gasteiger partial charge in [0, 0.05) is 13.7 Å². The number of hydrogen-bond donors (Lipinski definition) is 4. The van der Waals surface area contributed by atoms with Crippen LogP contribution >= 0.6 is 0 Å². The lowest BCUT2D eigenvalue weighted by atomic mass is 10.0. The first kappa shape index (κ1) is 15.3. The molecule has 0 fully saturated rings. The molecule has 0 aliphatic rings. The second kappa shape index (κ2) is 7.56. The third kappa shape index (κ3) is 5.41. The summed E-state index contributed by atoms with van der Waals surface area (Å²) in [7, 11) is 1.58. The fourth-order valence-electron chi connectivity index (χ4n) is 1.10. The average molecular weight is 234 g/mol. The fraction of sp³-hybridized carbons (Fsp3) is 0.900. The molecule has 0 heterocycles. The fourth-order valence-corrected chi connectivity index (χ4v) is 1.10. The molecule has 5 N–H and O–H groups in total. The number of aliphatic hydroxyl groups excluding tert-OH is 2. The van der Waals surface area contributed by atoms with E-state index in [1.165, 1.54) is 0 Å². The van der Waals surface area contributed by atoms with Gasteiger partial charge < -0.3 is 26.0 Å². The molecule has 0 bridgehead atoms. The van der Waals surface area contributed by atoms with Crippen molar-refractivity contribution in [1.82, 2.24) is 5.32 Å². The van der Waals surface area contributed by atoms with Gasteiger partial charge >= 0.3 is 0 Å². The lowest BCUT2D eigenvalue weighted by Gasteiger charge is -2.27. The van der Waals surface area contributed by atoms with E-state index in [2.05, 4.69) is 5.32 Å². The largest absolute Gasteiger partial charge is 0.394 e. The van der Waals surface area contributed by atoms with E-state index in [9.17, 15) is 4.79 Å². The van der Waals surface area contributed by atoms with Crippen molar-refractivity contribution in [2.45, 2.75) is 31.3 Å². The first-order valence-electron chi connectivity index (χ1n) is 5.27. The maximum absolute atomic E-state index is 11.6. The molecule has 0 radical (unpaired) electrons. The van der Waals surface area contributed by atoms with E-state index >= 15 is 0 Å². The summed E-state index contributed by atoms with van der Waals surface area (Å²) in [5, 5.41) is 20.5. The Balaban J connectivity index is 4.03. The van der Waals surface area contributed by atoms with E-state index in [0.29, 0.717) is 19.4 Å². The average Bonchev–Trinajstić information content (AvgIpc) is 2.29. The molecule has 0 saturated heterocycles. The van der Waals surface area contributed by atoms with E-state index in [1.807, 2.05) is 0 Å². The van der Waals surface area contributed by atoms with Crippen LogP contribution in [0.25, 0.3) is 0 Å². The molecule has 0 aliphatic carbocycles. The summed E-state index contributed by atoms with van der Waals surface area (Å²) in [5.41, 5.74) is 4.63. The van der Waals surface area contributed by atoms with Gasteiger partial charge in [-0.2, -0.15) is 0 Å². The van der Waals surface area contributed by atoms with Crippen LogP contribution in [0.15, 0.2) is 0 Å². The first-order valence-corrected chi connectivity index (χ1v) is 5.27. The van der Waals surface area contributed by atoms with Crippen molar-refractivity contribution in [3.63, 3.8) is 0 Å². The smallest absolute Gasteiger partial charge is 0.237 e. The third-order valence-corrected chi connectivity index (χ3v) is 2.32. The number of methoxy groups -OCH3 is 1. The summed E-state index contributed by atoms with van der Waals surface area (Å²) in [5.74, 6) is -0.373. The van der Waals surface area contributed by atoms with Crippen molar-refractivity contribution in [2.75, 3.05) is 26.9 Å². The maximum Gasteiger partial charge on any atom is 0.237 e. The van der Waals surface area contributed by atoms with Gasteiger partial charge in [-0.1, -0.05) is 0 Å². The lowest BCUT2D eigenvalue weighted by molar-refractivity contribution is -0.125. The van der Waals surface area contributed by atoms with Crippen LogP contribution in [0.3, 0.4) is 0 Å². The number of rotatable bonds is 8. The first-order chi connectivity index (χ1) is 7.49. The molecule has 6 nitrogen and oxygen atoms in total. The minimum atomic E-state index is -1.02. The predicted octanol–water partition coefficient (Wildman–Crippen LogP) is -1.40. The standard InChI is InChI=1S/C10H22N2O4/c1-10(6-13,7-14)12-9(15)8(11)4-3-5-16-2/h8,13-14H,3-7,11H2,1-2H3,(H,12,15). The van der Waals surface area contributed by atoms with Crippen molar-refractivity contribution in [2.24, 2.45) is 5.73 Å². The minimum absolute atomic E-state index is 0.333. The van der Waals surface area contributed by atoms with Crippen LogP contribution < -0.4 is 11.1 Å². The minimum Gasteiger partial charge on any atom is -0.394 e. The SMILES string of the molecule is COCCCC(N)C(=O)NC(C)(CO)CO. The zero-order valence-corrected chi connectivity index (χ0v) is 9.90. The van der Waals surface area contributed by atoms with Crippen molar-refractivity contribution in [3.8, 4) is 0 Å². The van der Waals surface area contributed by atoms with Crippen LogP contribution in [0.4, 0.5) is 0 Å². The van der Waals surface area contributed by atoms with Crippen LogP contribution in [-0.2, 0) is 9.53 Å². The summed E-state index contributed by atoms with van der Waals surface area (Å²) in [6.07, 6.45) is 1.20. The number of nitrogens with two attached hydrogens (primary N) is 1. The molecule has 16 heavy (non-hydrogen) atoms. The summed E-state index contributed by atoms with van der Waals surface area (Å²) in [6.45, 7) is 1.44. The highest BCUT2D eigenvalue weighted by Gasteiger charge is 2.26. The van der Waals surface area contributed by atoms with E-state index in [-0.39, 0.29) is 19.1 Å². The van der Waals surface area contributed by atoms with E-state index in [0.717, 1.165) is 0 Å². The van der Waals surface area contributed by atoms with Crippen LogP contribution in [0.5, 0.6) is 0 Å². The number of amides is 1. The van der Waals surface area contributed by atoms with Crippen LogP contribution in [0.1, 0.15) is 19.8 Å². The molecular weight excluding hydrogens is 212 g/mol. The molecule has 1 unspecified atom stereocenters. The van der Waals surface area contributed by atoms with Gasteiger partial charge in [-0.05, 0) is 19.8 Å². The Morgan fingerprint density at radius 1 is 1.50 bits per heavy atom. The van der Waals surface area contributed by atoms with Crippen molar-refractivity contribution in [3.05, 3.63) is 0 Å². The molecule has 1 amide bonds. The summed E-state index contributed by atoms with van der Waals surface area (Å²) >= 11 is 0. The molecular formula is C10H22N2O4. The zero-order chi connectivity index (χ0) is 12.6. The topological polar surface area (TPSA) is 105 Å². The highest BCUT2D eigenvalue weighted by atomic mass is 16.5. The Morgan fingerprint density at radius 2 is 2.06 bits per heavy atom.